The zero-order chi connectivity index (χ0) is 20.6. The summed E-state index contributed by atoms with van der Waals surface area (Å²) in [4.78, 5) is 0. The molecule has 0 N–H and O–H groups in total. The lowest BCUT2D eigenvalue weighted by Gasteiger charge is -2.05. The molecule has 0 unspecified atom stereocenters. The Balaban J connectivity index is 1.76. The molecular weight excluding hydrogens is 356 g/mol. The summed E-state index contributed by atoms with van der Waals surface area (Å²) < 4.78 is 11.5. The van der Waals surface area contributed by atoms with Crippen LogP contribution >= 0.6 is 0 Å². The fraction of sp³-hybridized carbons (Fsp3) is 0.407. The third-order valence-electron chi connectivity index (χ3n) is 4.56. The molecule has 2 nitrogen and oxygen atoms in total. The lowest BCUT2D eigenvalue weighted by atomic mass is 10.1. The fourth-order valence-electron chi connectivity index (χ4n) is 2.80. The minimum Gasteiger partial charge on any atom is -0.494 e. The van der Waals surface area contributed by atoms with E-state index in [1.807, 2.05) is 48.5 Å². The van der Waals surface area contributed by atoms with Gasteiger partial charge in [-0.15, -0.1) is 0 Å². The van der Waals surface area contributed by atoms with Crippen LogP contribution in [0.15, 0.2) is 60.7 Å². The number of ether oxygens (including phenoxy) is 2. The van der Waals surface area contributed by atoms with E-state index in [1.165, 1.54) is 32.1 Å². The first kappa shape index (κ1) is 22.6. The molecule has 0 amide bonds. The summed E-state index contributed by atoms with van der Waals surface area (Å²) in [6.07, 6.45) is 12.8. The number of allylic oxidation sites excluding steroid dienone is 1. The fourth-order valence-corrected chi connectivity index (χ4v) is 2.80. The van der Waals surface area contributed by atoms with Gasteiger partial charge in [0.1, 0.15) is 18.1 Å². The van der Waals surface area contributed by atoms with Crippen molar-refractivity contribution in [1.29, 1.82) is 0 Å². The Kier molecular flexibility index (Phi) is 11.2. The highest BCUT2D eigenvalue weighted by Gasteiger charge is 1.95. The maximum Gasteiger partial charge on any atom is 0.119 e. The Bertz CT molecular complexity index is 761. The minimum absolute atomic E-state index is 0.615. The second kappa shape index (κ2) is 14.4. The van der Waals surface area contributed by atoms with Crippen LogP contribution in [0, 0.1) is 11.8 Å². The quantitative estimate of drug-likeness (QED) is 0.217. The van der Waals surface area contributed by atoms with Gasteiger partial charge in [0.2, 0.25) is 0 Å². The highest BCUT2D eigenvalue weighted by atomic mass is 16.5. The SMILES string of the molecule is CCCCCC=CCOc1ccc(C#Cc2ccc(OCCCCC)cc2)cc1. The third kappa shape index (κ3) is 9.90. The first-order valence-corrected chi connectivity index (χ1v) is 10.9. The predicted octanol–water partition coefficient (Wildman–Crippen LogP) is 7.17. The average molecular weight is 391 g/mol. The molecular formula is C27H34O2. The molecule has 0 aliphatic heterocycles. The molecule has 0 heterocycles. The van der Waals surface area contributed by atoms with Crippen molar-refractivity contribution in [2.45, 2.75) is 58.8 Å². The molecule has 2 aromatic rings. The van der Waals surface area contributed by atoms with E-state index in [9.17, 15) is 0 Å². The summed E-state index contributed by atoms with van der Waals surface area (Å²) in [6, 6.07) is 15.9. The second-order valence-electron chi connectivity index (χ2n) is 7.13. The summed E-state index contributed by atoms with van der Waals surface area (Å²) in [5, 5.41) is 0. The van der Waals surface area contributed by atoms with Gasteiger partial charge in [0.25, 0.3) is 0 Å². The minimum atomic E-state index is 0.615. The number of hydrogen-bond acceptors (Lipinski definition) is 2. The largest absolute Gasteiger partial charge is 0.494 e. The maximum absolute atomic E-state index is 5.74. The Morgan fingerprint density at radius 2 is 1.21 bits per heavy atom. The van der Waals surface area contributed by atoms with Gasteiger partial charge < -0.3 is 9.47 Å². The monoisotopic (exact) mass is 390 g/mol. The van der Waals surface area contributed by atoms with Crippen molar-refractivity contribution in [3.8, 4) is 23.3 Å². The first-order valence-electron chi connectivity index (χ1n) is 10.9. The van der Waals surface area contributed by atoms with Gasteiger partial charge in [-0.2, -0.15) is 0 Å². The van der Waals surface area contributed by atoms with Crippen molar-refractivity contribution in [2.24, 2.45) is 0 Å². The Morgan fingerprint density at radius 1 is 0.655 bits per heavy atom. The third-order valence-corrected chi connectivity index (χ3v) is 4.56. The smallest absolute Gasteiger partial charge is 0.119 e. The molecule has 2 aromatic carbocycles. The molecule has 0 aromatic heterocycles. The molecule has 0 radical (unpaired) electrons. The summed E-state index contributed by atoms with van der Waals surface area (Å²) in [6.45, 7) is 5.82. The maximum atomic E-state index is 5.74. The van der Waals surface area contributed by atoms with E-state index in [-0.39, 0.29) is 0 Å². The summed E-state index contributed by atoms with van der Waals surface area (Å²) in [5.41, 5.74) is 1.96. The van der Waals surface area contributed by atoms with Gasteiger partial charge >= 0.3 is 0 Å². The summed E-state index contributed by atoms with van der Waals surface area (Å²) in [5.74, 6) is 8.19. The van der Waals surface area contributed by atoms with E-state index in [4.69, 9.17) is 9.47 Å². The normalized spacial score (nSPS) is 10.6. The van der Waals surface area contributed by atoms with E-state index < -0.39 is 0 Å². The molecule has 29 heavy (non-hydrogen) atoms. The van der Waals surface area contributed by atoms with Crippen LogP contribution in [0.3, 0.4) is 0 Å². The lowest BCUT2D eigenvalue weighted by molar-refractivity contribution is 0.306. The molecule has 0 aliphatic rings. The molecule has 154 valence electrons. The van der Waals surface area contributed by atoms with Gasteiger partial charge in [0, 0.05) is 11.1 Å². The molecule has 0 spiro atoms. The highest BCUT2D eigenvalue weighted by molar-refractivity contribution is 5.45. The van der Waals surface area contributed by atoms with Crippen LogP contribution in [0.25, 0.3) is 0 Å². The van der Waals surface area contributed by atoms with Gasteiger partial charge in [0.15, 0.2) is 0 Å². The van der Waals surface area contributed by atoms with Crippen LogP contribution in [0.5, 0.6) is 11.5 Å². The van der Waals surface area contributed by atoms with Crippen molar-refractivity contribution >= 4 is 0 Å². The molecule has 0 atom stereocenters. The van der Waals surface area contributed by atoms with Gasteiger partial charge in [0.05, 0.1) is 6.61 Å². The van der Waals surface area contributed by atoms with E-state index in [2.05, 4.69) is 37.8 Å². The zero-order valence-electron chi connectivity index (χ0n) is 18.0. The molecule has 2 heteroatoms. The van der Waals surface area contributed by atoms with E-state index in [1.54, 1.807) is 0 Å². The van der Waals surface area contributed by atoms with Crippen molar-refractivity contribution in [1.82, 2.24) is 0 Å². The molecule has 2 rings (SSSR count). The van der Waals surface area contributed by atoms with Crippen LogP contribution in [-0.4, -0.2) is 13.2 Å². The highest BCUT2D eigenvalue weighted by Crippen LogP contribution is 2.14. The first-order chi connectivity index (χ1) is 14.3. The van der Waals surface area contributed by atoms with Gasteiger partial charge in [-0.3, -0.25) is 0 Å². The van der Waals surface area contributed by atoms with Crippen molar-refractivity contribution in [2.75, 3.05) is 13.2 Å². The van der Waals surface area contributed by atoms with E-state index in [0.717, 1.165) is 42.1 Å². The van der Waals surface area contributed by atoms with Crippen LogP contribution in [0.1, 0.15) is 69.9 Å². The molecule has 0 fully saturated rings. The average Bonchev–Trinajstić information content (AvgIpc) is 2.76. The number of benzene rings is 2. The van der Waals surface area contributed by atoms with Crippen molar-refractivity contribution < 1.29 is 9.47 Å². The Labute approximate surface area is 176 Å². The zero-order valence-corrected chi connectivity index (χ0v) is 18.0. The molecule has 0 bridgehead atoms. The van der Waals surface area contributed by atoms with E-state index >= 15 is 0 Å². The van der Waals surface area contributed by atoms with Crippen molar-refractivity contribution in [3.05, 3.63) is 71.8 Å². The van der Waals surface area contributed by atoms with Crippen LogP contribution in [0.4, 0.5) is 0 Å². The molecule has 0 saturated carbocycles. The number of unbranched alkanes of at least 4 members (excludes halogenated alkanes) is 5. The Hall–Kier alpha value is -2.66. The van der Waals surface area contributed by atoms with E-state index in [0.29, 0.717) is 6.61 Å². The Morgan fingerprint density at radius 3 is 1.79 bits per heavy atom. The van der Waals surface area contributed by atoms with Crippen LogP contribution in [-0.2, 0) is 0 Å². The van der Waals surface area contributed by atoms with Gasteiger partial charge in [-0.25, -0.2) is 0 Å². The second-order valence-corrected chi connectivity index (χ2v) is 7.13. The lowest BCUT2D eigenvalue weighted by Crippen LogP contribution is -1.96. The number of hydrogen-bond donors (Lipinski definition) is 0. The standard InChI is InChI=1S/C27H34O2/c1-3-5-7-8-9-11-23-29-27-20-16-25(17-21-27)13-12-24-14-18-26(19-15-24)28-22-10-6-4-2/h9,11,14-21H,3-8,10,22-23H2,1-2H3. The van der Waals surface area contributed by atoms with Gasteiger partial charge in [-0.05, 0) is 67.8 Å². The van der Waals surface area contributed by atoms with Crippen LogP contribution in [0.2, 0.25) is 0 Å². The summed E-state index contributed by atoms with van der Waals surface area (Å²) >= 11 is 0. The van der Waals surface area contributed by atoms with Crippen LogP contribution < -0.4 is 9.47 Å². The topological polar surface area (TPSA) is 18.5 Å². The van der Waals surface area contributed by atoms with Crippen molar-refractivity contribution in [3.63, 3.8) is 0 Å². The summed E-state index contributed by atoms with van der Waals surface area (Å²) in [7, 11) is 0. The predicted molar refractivity (Wildman–Crippen MR) is 123 cm³/mol. The number of rotatable bonds is 12. The molecule has 0 aliphatic carbocycles. The molecule has 0 saturated heterocycles. The van der Waals surface area contributed by atoms with Gasteiger partial charge in [-0.1, -0.05) is 63.5 Å².